The van der Waals surface area contributed by atoms with Gasteiger partial charge in [0.15, 0.2) is 0 Å². The van der Waals surface area contributed by atoms with E-state index in [2.05, 4.69) is 0 Å². The molecule has 0 aliphatic rings. The predicted octanol–water partition coefficient (Wildman–Crippen LogP) is 3.38. The van der Waals surface area contributed by atoms with Gasteiger partial charge in [-0.2, -0.15) is 4.39 Å². The van der Waals surface area contributed by atoms with Crippen LogP contribution in [-0.4, -0.2) is 22.8 Å². The third-order valence-corrected chi connectivity index (χ3v) is 4.09. The average molecular weight is 308 g/mol. The molecule has 1 aromatic heterocycles. The molecule has 0 spiro atoms. The van der Waals surface area contributed by atoms with Crippen LogP contribution < -0.4 is 0 Å². The minimum absolute atomic E-state index is 0.0924. The van der Waals surface area contributed by atoms with Crippen LogP contribution in [0.4, 0.5) is 10.1 Å². The summed E-state index contributed by atoms with van der Waals surface area (Å²) in [4.78, 5) is 24.5. The maximum Gasteiger partial charge on any atom is 0.304 e. The second kappa shape index (κ2) is 6.01. The van der Waals surface area contributed by atoms with Crippen molar-refractivity contribution in [2.45, 2.75) is 13.5 Å². The summed E-state index contributed by atoms with van der Waals surface area (Å²) >= 11 is 1.54. The van der Waals surface area contributed by atoms with E-state index in [4.69, 9.17) is 0 Å². The third-order valence-electron chi connectivity index (χ3n) is 3.09. The zero-order valence-electron chi connectivity index (χ0n) is 11.5. The Morgan fingerprint density at radius 3 is 2.67 bits per heavy atom. The lowest BCUT2D eigenvalue weighted by atomic mass is 10.1. The molecule has 2 rings (SSSR count). The highest BCUT2D eigenvalue weighted by molar-refractivity contribution is 7.10. The lowest BCUT2D eigenvalue weighted by Crippen LogP contribution is -2.26. The molecule has 0 aliphatic carbocycles. The highest BCUT2D eigenvalue weighted by atomic mass is 32.1. The van der Waals surface area contributed by atoms with E-state index in [1.807, 2.05) is 18.4 Å². The molecule has 5 nitrogen and oxygen atoms in total. The van der Waals surface area contributed by atoms with Gasteiger partial charge in [-0.25, -0.2) is 0 Å². The number of benzene rings is 1. The number of carbonyl (C=O) groups excluding carboxylic acids is 1. The number of hydrogen-bond acceptors (Lipinski definition) is 4. The third kappa shape index (κ3) is 3.25. The Morgan fingerprint density at radius 1 is 1.43 bits per heavy atom. The molecule has 0 unspecified atom stereocenters. The second-order valence-corrected chi connectivity index (χ2v) is 5.61. The van der Waals surface area contributed by atoms with Gasteiger partial charge in [-0.15, -0.1) is 11.3 Å². The van der Waals surface area contributed by atoms with Crippen LogP contribution in [-0.2, 0) is 6.54 Å². The number of nitro benzene ring substituents is 1. The van der Waals surface area contributed by atoms with Crippen LogP contribution in [0.15, 0.2) is 29.6 Å². The van der Waals surface area contributed by atoms with Crippen LogP contribution in [0.1, 0.15) is 20.8 Å². The van der Waals surface area contributed by atoms with Crippen LogP contribution in [0.5, 0.6) is 0 Å². The zero-order valence-corrected chi connectivity index (χ0v) is 12.3. The molecule has 0 radical (unpaired) electrons. The SMILES string of the molecule is Cc1ccsc1CN(C)C(=O)c1ccc([N+](=O)[O-])c(F)c1. The van der Waals surface area contributed by atoms with Crippen LogP contribution >= 0.6 is 11.3 Å². The molecule has 1 heterocycles. The monoisotopic (exact) mass is 308 g/mol. The van der Waals surface area contributed by atoms with Gasteiger partial charge in [-0.1, -0.05) is 0 Å². The highest BCUT2D eigenvalue weighted by Gasteiger charge is 2.19. The molecule has 0 saturated heterocycles. The normalized spacial score (nSPS) is 10.4. The smallest absolute Gasteiger partial charge is 0.304 e. The Kier molecular flexibility index (Phi) is 4.32. The van der Waals surface area contributed by atoms with E-state index in [1.165, 1.54) is 11.0 Å². The van der Waals surface area contributed by atoms with E-state index in [1.54, 1.807) is 18.4 Å². The summed E-state index contributed by atoms with van der Waals surface area (Å²) in [5.74, 6) is -1.39. The summed E-state index contributed by atoms with van der Waals surface area (Å²) in [5, 5.41) is 12.5. The largest absolute Gasteiger partial charge is 0.337 e. The molecule has 1 amide bonds. The number of thiophene rings is 1. The molecule has 0 bridgehead atoms. The maximum absolute atomic E-state index is 13.6. The summed E-state index contributed by atoms with van der Waals surface area (Å²) < 4.78 is 13.6. The van der Waals surface area contributed by atoms with E-state index in [-0.39, 0.29) is 11.5 Å². The van der Waals surface area contributed by atoms with Gasteiger partial charge in [0.1, 0.15) is 0 Å². The zero-order chi connectivity index (χ0) is 15.6. The number of amides is 1. The van der Waals surface area contributed by atoms with Gasteiger partial charge < -0.3 is 4.90 Å². The first-order chi connectivity index (χ1) is 9.90. The quantitative estimate of drug-likeness (QED) is 0.642. The molecule has 0 aliphatic heterocycles. The standard InChI is InChI=1S/C14H13FN2O3S/c1-9-5-6-21-13(9)8-16(2)14(18)10-3-4-12(17(19)20)11(15)7-10/h3-7H,8H2,1-2H3. The maximum atomic E-state index is 13.6. The molecule has 110 valence electrons. The van der Waals surface area contributed by atoms with E-state index in [0.717, 1.165) is 22.6 Å². The molecular weight excluding hydrogens is 295 g/mol. The van der Waals surface area contributed by atoms with Gasteiger partial charge in [-0.3, -0.25) is 14.9 Å². The highest BCUT2D eigenvalue weighted by Crippen LogP contribution is 2.21. The Labute approximate surface area is 124 Å². The van der Waals surface area contributed by atoms with Gasteiger partial charge >= 0.3 is 5.69 Å². The number of nitro groups is 1. The van der Waals surface area contributed by atoms with Crippen molar-refractivity contribution >= 4 is 22.9 Å². The van der Waals surface area contributed by atoms with E-state index < -0.39 is 16.4 Å². The van der Waals surface area contributed by atoms with Gasteiger partial charge in [0.05, 0.1) is 11.5 Å². The van der Waals surface area contributed by atoms with E-state index in [0.29, 0.717) is 6.54 Å². The van der Waals surface area contributed by atoms with Crippen molar-refractivity contribution in [2.24, 2.45) is 0 Å². The first kappa shape index (κ1) is 15.1. The Bertz CT molecular complexity index is 699. The van der Waals surface area contributed by atoms with Crippen molar-refractivity contribution < 1.29 is 14.1 Å². The van der Waals surface area contributed by atoms with E-state index in [9.17, 15) is 19.3 Å². The van der Waals surface area contributed by atoms with Crippen molar-refractivity contribution in [3.63, 3.8) is 0 Å². The number of carbonyl (C=O) groups is 1. The summed E-state index contributed by atoms with van der Waals surface area (Å²) in [6, 6.07) is 5.14. The summed E-state index contributed by atoms with van der Waals surface area (Å²) in [6.45, 7) is 2.37. The average Bonchev–Trinajstić information content (AvgIpc) is 2.82. The van der Waals surface area contributed by atoms with Crippen LogP contribution in [0.3, 0.4) is 0 Å². The first-order valence-corrected chi connectivity index (χ1v) is 7.00. The molecule has 0 saturated carbocycles. The first-order valence-electron chi connectivity index (χ1n) is 6.12. The number of rotatable bonds is 4. The molecule has 21 heavy (non-hydrogen) atoms. The molecule has 2 aromatic rings. The summed E-state index contributed by atoms with van der Waals surface area (Å²) in [6.07, 6.45) is 0. The Balaban J connectivity index is 2.18. The number of nitrogens with zero attached hydrogens (tertiary/aromatic N) is 2. The fourth-order valence-electron chi connectivity index (χ4n) is 1.86. The number of aryl methyl sites for hydroxylation is 1. The Morgan fingerprint density at radius 2 is 2.14 bits per heavy atom. The van der Waals surface area contributed by atoms with Gasteiger partial charge in [-0.05, 0) is 36.1 Å². The van der Waals surface area contributed by atoms with Gasteiger partial charge in [0, 0.05) is 23.6 Å². The van der Waals surface area contributed by atoms with Crippen molar-refractivity contribution in [3.8, 4) is 0 Å². The van der Waals surface area contributed by atoms with Crippen molar-refractivity contribution in [1.82, 2.24) is 4.90 Å². The van der Waals surface area contributed by atoms with Crippen LogP contribution in [0.2, 0.25) is 0 Å². The lowest BCUT2D eigenvalue weighted by molar-refractivity contribution is -0.387. The van der Waals surface area contributed by atoms with Crippen LogP contribution in [0, 0.1) is 22.9 Å². The second-order valence-electron chi connectivity index (χ2n) is 4.61. The fraction of sp³-hybridized carbons (Fsp3) is 0.214. The molecule has 1 aromatic carbocycles. The predicted molar refractivity (Wildman–Crippen MR) is 77.9 cm³/mol. The van der Waals surface area contributed by atoms with E-state index >= 15 is 0 Å². The molecular formula is C14H13FN2O3S. The molecule has 0 atom stereocenters. The van der Waals surface area contributed by atoms with Gasteiger partial charge in [0.25, 0.3) is 5.91 Å². The summed E-state index contributed by atoms with van der Waals surface area (Å²) in [7, 11) is 1.61. The van der Waals surface area contributed by atoms with Crippen molar-refractivity contribution in [1.29, 1.82) is 0 Å². The van der Waals surface area contributed by atoms with Crippen molar-refractivity contribution in [2.75, 3.05) is 7.05 Å². The van der Waals surface area contributed by atoms with Crippen LogP contribution in [0.25, 0.3) is 0 Å². The fourth-order valence-corrected chi connectivity index (χ4v) is 2.82. The molecule has 7 heteroatoms. The minimum atomic E-state index is -1.01. The molecule has 0 N–H and O–H groups in total. The minimum Gasteiger partial charge on any atom is -0.337 e. The molecule has 0 fully saturated rings. The Hall–Kier alpha value is -2.28. The van der Waals surface area contributed by atoms with Crippen molar-refractivity contribution in [3.05, 3.63) is 61.6 Å². The number of hydrogen-bond donors (Lipinski definition) is 0. The lowest BCUT2D eigenvalue weighted by Gasteiger charge is -2.17. The number of halogens is 1. The van der Waals surface area contributed by atoms with Gasteiger partial charge in [0.2, 0.25) is 5.82 Å². The summed E-state index contributed by atoms with van der Waals surface area (Å²) in [5.41, 5.74) is 0.549. The topological polar surface area (TPSA) is 63.5 Å².